The van der Waals surface area contributed by atoms with Gasteiger partial charge >= 0.3 is 0 Å². The fraction of sp³-hybridized carbons (Fsp3) is 0.100. The molecule has 1 heterocycles. The highest BCUT2D eigenvalue weighted by Gasteiger charge is 2.38. The standard InChI is InChI=1S/C30H27N3O/c31-27(20-22-21-32-28-19-11-10-18-26(22)28)29(34)33-30(23-12-4-1-5-13-23,24-14-6-2-7-15-24)25-16-8-3-9-17-25/h1-19,21,27,32H,20,31H2,(H,33,34)/t27-/m1/s1. The Kier molecular flexibility index (Phi) is 5.98. The molecule has 0 saturated heterocycles. The summed E-state index contributed by atoms with van der Waals surface area (Å²) in [4.78, 5) is 17.0. The van der Waals surface area contributed by atoms with E-state index in [0.717, 1.165) is 33.2 Å². The molecule has 0 unspecified atom stereocenters. The number of carbonyl (C=O) groups is 1. The van der Waals surface area contributed by atoms with E-state index in [1.165, 1.54) is 0 Å². The first-order chi connectivity index (χ1) is 16.7. The van der Waals surface area contributed by atoms with Gasteiger partial charge in [0, 0.05) is 17.1 Å². The van der Waals surface area contributed by atoms with Crippen molar-refractivity contribution in [2.24, 2.45) is 5.73 Å². The second kappa shape index (κ2) is 9.38. The molecule has 1 amide bonds. The van der Waals surface area contributed by atoms with Crippen LogP contribution in [0.4, 0.5) is 0 Å². The van der Waals surface area contributed by atoms with Gasteiger partial charge in [-0.25, -0.2) is 0 Å². The number of para-hydroxylation sites is 1. The lowest BCUT2D eigenvalue weighted by molar-refractivity contribution is -0.123. The normalized spacial score (nSPS) is 12.4. The van der Waals surface area contributed by atoms with Crippen molar-refractivity contribution in [1.29, 1.82) is 0 Å². The van der Waals surface area contributed by atoms with Crippen molar-refractivity contribution in [2.75, 3.05) is 0 Å². The van der Waals surface area contributed by atoms with Crippen molar-refractivity contribution in [3.05, 3.63) is 144 Å². The second-order valence-electron chi connectivity index (χ2n) is 8.51. The smallest absolute Gasteiger partial charge is 0.238 e. The number of rotatable bonds is 7. The van der Waals surface area contributed by atoms with Crippen molar-refractivity contribution in [3.8, 4) is 0 Å². The maximum atomic E-state index is 13.7. The number of fused-ring (bicyclic) bond motifs is 1. The number of hydrogen-bond acceptors (Lipinski definition) is 2. The number of nitrogens with two attached hydrogens (primary N) is 1. The number of aromatic nitrogens is 1. The Morgan fingerprint density at radius 2 is 1.21 bits per heavy atom. The summed E-state index contributed by atoms with van der Waals surface area (Å²) in [7, 11) is 0. The minimum atomic E-state index is -0.876. The van der Waals surface area contributed by atoms with Gasteiger partial charge in [0.15, 0.2) is 0 Å². The number of amides is 1. The van der Waals surface area contributed by atoms with Crippen LogP contribution in [0.5, 0.6) is 0 Å². The summed E-state index contributed by atoms with van der Waals surface area (Å²) in [5, 5.41) is 4.45. The molecule has 168 valence electrons. The molecule has 4 aromatic carbocycles. The first-order valence-electron chi connectivity index (χ1n) is 11.5. The number of carbonyl (C=O) groups excluding carboxylic acids is 1. The SMILES string of the molecule is N[C@H](Cc1c[nH]c2ccccc12)C(=O)NC(c1ccccc1)(c1ccccc1)c1ccccc1. The van der Waals surface area contributed by atoms with Crippen LogP contribution in [-0.4, -0.2) is 16.9 Å². The molecule has 5 aromatic rings. The Bertz CT molecular complexity index is 1280. The average Bonchev–Trinajstić information content (AvgIpc) is 3.31. The van der Waals surface area contributed by atoms with E-state index >= 15 is 0 Å². The molecule has 0 saturated carbocycles. The monoisotopic (exact) mass is 445 g/mol. The zero-order valence-corrected chi connectivity index (χ0v) is 18.8. The lowest BCUT2D eigenvalue weighted by atomic mass is 9.76. The Balaban J connectivity index is 1.56. The molecule has 4 heteroatoms. The predicted molar refractivity (Wildman–Crippen MR) is 137 cm³/mol. The fourth-order valence-electron chi connectivity index (χ4n) is 4.69. The molecule has 4 nitrogen and oxygen atoms in total. The zero-order valence-electron chi connectivity index (χ0n) is 18.8. The number of aromatic amines is 1. The van der Waals surface area contributed by atoms with Gasteiger partial charge in [0.25, 0.3) is 0 Å². The topological polar surface area (TPSA) is 70.9 Å². The van der Waals surface area contributed by atoms with Crippen LogP contribution in [0.2, 0.25) is 0 Å². The number of nitrogens with one attached hydrogen (secondary N) is 2. The third-order valence-electron chi connectivity index (χ3n) is 6.38. The minimum absolute atomic E-state index is 0.207. The molecule has 0 fully saturated rings. The van der Waals surface area contributed by atoms with Gasteiger partial charge in [-0.05, 0) is 34.7 Å². The summed E-state index contributed by atoms with van der Waals surface area (Å²) in [6.07, 6.45) is 2.38. The summed E-state index contributed by atoms with van der Waals surface area (Å²) in [5.41, 5.74) is 10.6. The first-order valence-corrected chi connectivity index (χ1v) is 11.5. The van der Waals surface area contributed by atoms with Gasteiger partial charge in [-0.2, -0.15) is 0 Å². The summed E-state index contributed by atoms with van der Waals surface area (Å²) in [5.74, 6) is -0.207. The van der Waals surface area contributed by atoms with Crippen molar-refractivity contribution in [1.82, 2.24) is 10.3 Å². The number of H-pyrrole nitrogens is 1. The molecule has 0 aliphatic carbocycles. The summed E-state index contributed by atoms with van der Waals surface area (Å²) < 4.78 is 0. The highest BCUT2D eigenvalue weighted by Crippen LogP contribution is 2.37. The van der Waals surface area contributed by atoms with E-state index in [1.807, 2.05) is 121 Å². The van der Waals surface area contributed by atoms with E-state index in [2.05, 4.69) is 10.3 Å². The van der Waals surface area contributed by atoms with Crippen LogP contribution in [0.15, 0.2) is 121 Å². The molecule has 0 bridgehead atoms. The number of benzene rings is 4. The van der Waals surface area contributed by atoms with Crippen LogP contribution >= 0.6 is 0 Å². The van der Waals surface area contributed by atoms with Crippen molar-refractivity contribution in [3.63, 3.8) is 0 Å². The highest BCUT2D eigenvalue weighted by atomic mass is 16.2. The van der Waals surface area contributed by atoms with E-state index < -0.39 is 11.6 Å². The molecule has 1 atom stereocenters. The van der Waals surface area contributed by atoms with Crippen molar-refractivity contribution < 1.29 is 4.79 Å². The molecular formula is C30H27N3O. The van der Waals surface area contributed by atoms with Crippen molar-refractivity contribution in [2.45, 2.75) is 18.0 Å². The van der Waals surface area contributed by atoms with Crippen LogP contribution < -0.4 is 11.1 Å². The largest absolute Gasteiger partial charge is 0.361 e. The van der Waals surface area contributed by atoms with E-state index in [9.17, 15) is 4.79 Å². The number of hydrogen-bond donors (Lipinski definition) is 3. The van der Waals surface area contributed by atoms with Gasteiger partial charge < -0.3 is 16.0 Å². The van der Waals surface area contributed by atoms with Gasteiger partial charge in [0.2, 0.25) is 5.91 Å². The van der Waals surface area contributed by atoms with Gasteiger partial charge in [0.05, 0.1) is 6.04 Å². The average molecular weight is 446 g/mol. The molecule has 4 N–H and O–H groups in total. The first kappa shape index (κ1) is 21.7. The van der Waals surface area contributed by atoms with Crippen molar-refractivity contribution >= 4 is 16.8 Å². The van der Waals surface area contributed by atoms with Gasteiger partial charge in [-0.15, -0.1) is 0 Å². The van der Waals surface area contributed by atoms with Crippen LogP contribution in [0.25, 0.3) is 10.9 Å². The van der Waals surface area contributed by atoms with Crippen LogP contribution in [0, 0.1) is 0 Å². The minimum Gasteiger partial charge on any atom is -0.361 e. The quantitative estimate of drug-likeness (QED) is 0.303. The Labute approximate surface area is 199 Å². The predicted octanol–water partition coefficient (Wildman–Crippen LogP) is 5.15. The Hall–Kier alpha value is -4.15. The van der Waals surface area contributed by atoms with Gasteiger partial charge in [-0.3, -0.25) is 4.79 Å². The molecule has 0 spiro atoms. The highest BCUT2D eigenvalue weighted by molar-refractivity contribution is 5.87. The molecule has 5 rings (SSSR count). The summed E-state index contributed by atoms with van der Waals surface area (Å²) in [6.45, 7) is 0. The van der Waals surface area contributed by atoms with Gasteiger partial charge in [0.1, 0.15) is 5.54 Å². The van der Waals surface area contributed by atoms with Gasteiger partial charge in [-0.1, -0.05) is 109 Å². The second-order valence-corrected chi connectivity index (χ2v) is 8.51. The third-order valence-corrected chi connectivity index (χ3v) is 6.38. The maximum absolute atomic E-state index is 13.7. The van der Waals surface area contributed by atoms with Crippen LogP contribution in [0.3, 0.4) is 0 Å². The molecule has 34 heavy (non-hydrogen) atoms. The van der Waals surface area contributed by atoms with E-state index in [0.29, 0.717) is 6.42 Å². The summed E-state index contributed by atoms with van der Waals surface area (Å²) in [6, 6.07) is 37.5. The van der Waals surface area contributed by atoms with Crippen LogP contribution in [-0.2, 0) is 16.8 Å². The van der Waals surface area contributed by atoms with Crippen LogP contribution in [0.1, 0.15) is 22.3 Å². The lowest BCUT2D eigenvalue weighted by Crippen LogP contribution is -2.53. The summed E-state index contributed by atoms with van der Waals surface area (Å²) >= 11 is 0. The fourth-order valence-corrected chi connectivity index (χ4v) is 4.69. The third kappa shape index (κ3) is 4.00. The molecule has 1 aromatic heterocycles. The Morgan fingerprint density at radius 3 is 1.74 bits per heavy atom. The Morgan fingerprint density at radius 1 is 0.735 bits per heavy atom. The van der Waals surface area contributed by atoms with E-state index in [4.69, 9.17) is 5.73 Å². The lowest BCUT2D eigenvalue weighted by Gasteiger charge is -2.37. The molecule has 0 aliphatic rings. The van der Waals surface area contributed by atoms with E-state index in [1.54, 1.807) is 0 Å². The molecule has 0 aliphatic heterocycles. The maximum Gasteiger partial charge on any atom is 0.238 e. The molecular weight excluding hydrogens is 418 g/mol. The van der Waals surface area contributed by atoms with E-state index in [-0.39, 0.29) is 5.91 Å². The molecule has 0 radical (unpaired) electrons. The zero-order chi connectivity index (χ0) is 23.4.